The first-order valence-electron chi connectivity index (χ1n) is 11.8. The molecule has 0 bridgehead atoms. The molecule has 3 aromatic rings. The predicted octanol–water partition coefficient (Wildman–Crippen LogP) is 3.80. The highest BCUT2D eigenvalue weighted by Gasteiger charge is 2.25. The Bertz CT molecular complexity index is 1130. The Labute approximate surface area is 199 Å². The number of rotatable bonds is 9. The number of piperidine rings is 1. The molecule has 2 amide bonds. The normalized spacial score (nSPS) is 14.2. The Kier molecular flexibility index (Phi) is 7.67. The second-order valence-corrected chi connectivity index (χ2v) is 8.66. The Hall–Kier alpha value is -3.55. The SMILES string of the molecule is COc1ccc(C(=O)N2CCC(CCCCNC(=O)c3ccc4nccn4c3)CC2)c(OC)c1. The van der Waals surface area contributed by atoms with Gasteiger partial charge in [0.1, 0.15) is 17.1 Å². The topological polar surface area (TPSA) is 85.2 Å². The minimum atomic E-state index is -0.0589. The van der Waals surface area contributed by atoms with E-state index < -0.39 is 0 Å². The molecule has 8 nitrogen and oxygen atoms in total. The van der Waals surface area contributed by atoms with Crippen molar-refractivity contribution >= 4 is 17.5 Å². The maximum Gasteiger partial charge on any atom is 0.257 e. The van der Waals surface area contributed by atoms with Crippen molar-refractivity contribution in [2.24, 2.45) is 5.92 Å². The summed E-state index contributed by atoms with van der Waals surface area (Å²) in [6.45, 7) is 2.17. The first-order valence-corrected chi connectivity index (χ1v) is 11.8. The number of benzene rings is 1. The van der Waals surface area contributed by atoms with Gasteiger partial charge in [0.05, 0.1) is 25.3 Å². The highest BCUT2D eigenvalue weighted by atomic mass is 16.5. The zero-order valence-corrected chi connectivity index (χ0v) is 19.8. The molecule has 0 unspecified atom stereocenters. The van der Waals surface area contributed by atoms with Crippen LogP contribution in [0.1, 0.15) is 52.8 Å². The number of nitrogens with zero attached hydrogens (tertiary/aromatic N) is 3. The lowest BCUT2D eigenvalue weighted by molar-refractivity contribution is 0.0682. The van der Waals surface area contributed by atoms with Crippen LogP contribution in [0.25, 0.3) is 5.65 Å². The standard InChI is InChI=1S/C26H32N4O4/c1-33-21-7-8-22(23(17-21)34-2)26(32)29-14-10-19(11-15-29)5-3-4-12-28-25(31)20-6-9-24-27-13-16-30(24)18-20/h6-9,13,16-19H,3-5,10-12,14-15H2,1-2H3,(H,28,31). The first-order chi connectivity index (χ1) is 16.6. The van der Waals surface area contributed by atoms with Crippen LogP contribution < -0.4 is 14.8 Å². The average Bonchev–Trinajstić information content (AvgIpc) is 3.36. The Balaban J connectivity index is 1.16. The number of unbranched alkanes of at least 4 members (excludes halogenated alkanes) is 1. The second kappa shape index (κ2) is 11.0. The van der Waals surface area contributed by atoms with Gasteiger partial charge >= 0.3 is 0 Å². The van der Waals surface area contributed by atoms with Gasteiger partial charge in [-0.05, 0) is 49.4 Å². The summed E-state index contributed by atoms with van der Waals surface area (Å²) in [5.41, 5.74) is 2.04. The number of carbonyl (C=O) groups excluding carboxylic acids is 2. The van der Waals surface area contributed by atoms with Gasteiger partial charge in [0.25, 0.3) is 11.8 Å². The summed E-state index contributed by atoms with van der Waals surface area (Å²) in [4.78, 5) is 31.5. The van der Waals surface area contributed by atoms with E-state index in [-0.39, 0.29) is 11.8 Å². The van der Waals surface area contributed by atoms with Crippen LogP contribution >= 0.6 is 0 Å². The number of likely N-dealkylation sites (tertiary alicyclic amines) is 1. The molecule has 0 radical (unpaired) electrons. The summed E-state index contributed by atoms with van der Waals surface area (Å²) < 4.78 is 12.5. The van der Waals surface area contributed by atoms with Crippen molar-refractivity contribution < 1.29 is 19.1 Å². The third-order valence-corrected chi connectivity index (χ3v) is 6.52. The minimum absolute atomic E-state index is 0.00884. The lowest BCUT2D eigenvalue weighted by atomic mass is 9.91. The fourth-order valence-corrected chi connectivity index (χ4v) is 4.49. The number of fused-ring (bicyclic) bond motifs is 1. The van der Waals surface area contributed by atoms with Gasteiger partial charge in [-0.3, -0.25) is 9.59 Å². The van der Waals surface area contributed by atoms with Crippen molar-refractivity contribution in [3.8, 4) is 11.5 Å². The molecule has 0 spiro atoms. The Morgan fingerprint density at radius 3 is 2.68 bits per heavy atom. The molecule has 3 heterocycles. The van der Waals surface area contributed by atoms with Crippen molar-refractivity contribution in [3.05, 3.63) is 60.0 Å². The van der Waals surface area contributed by atoms with Gasteiger partial charge in [0.2, 0.25) is 0 Å². The molecule has 1 saturated heterocycles. The Morgan fingerprint density at radius 2 is 1.91 bits per heavy atom. The van der Waals surface area contributed by atoms with E-state index in [1.54, 1.807) is 50.9 Å². The highest BCUT2D eigenvalue weighted by molar-refractivity contribution is 5.97. The predicted molar refractivity (Wildman–Crippen MR) is 130 cm³/mol. The number of carbonyl (C=O) groups is 2. The first kappa shape index (κ1) is 23.6. The van der Waals surface area contributed by atoms with E-state index in [4.69, 9.17) is 9.47 Å². The van der Waals surface area contributed by atoms with Crippen molar-refractivity contribution in [1.82, 2.24) is 19.6 Å². The molecule has 1 aromatic carbocycles. The third kappa shape index (κ3) is 5.50. The molecule has 0 saturated carbocycles. The molecule has 1 N–H and O–H groups in total. The summed E-state index contributed by atoms with van der Waals surface area (Å²) in [5.74, 6) is 1.77. The number of imidazole rings is 1. The number of ether oxygens (including phenoxy) is 2. The lowest BCUT2D eigenvalue weighted by Crippen LogP contribution is -2.38. The number of aromatic nitrogens is 2. The fourth-order valence-electron chi connectivity index (χ4n) is 4.49. The molecule has 180 valence electrons. The number of nitrogens with one attached hydrogen (secondary N) is 1. The molecule has 8 heteroatoms. The van der Waals surface area contributed by atoms with E-state index in [9.17, 15) is 9.59 Å². The molecule has 1 aliphatic rings. The van der Waals surface area contributed by atoms with Gasteiger partial charge in [-0.1, -0.05) is 12.8 Å². The van der Waals surface area contributed by atoms with Gasteiger partial charge < -0.3 is 24.1 Å². The fraction of sp³-hybridized carbons (Fsp3) is 0.423. The quantitative estimate of drug-likeness (QED) is 0.487. The van der Waals surface area contributed by atoms with Crippen molar-refractivity contribution in [3.63, 3.8) is 0 Å². The van der Waals surface area contributed by atoms with Crippen LogP contribution in [0.5, 0.6) is 11.5 Å². The largest absolute Gasteiger partial charge is 0.497 e. The van der Waals surface area contributed by atoms with E-state index in [1.807, 2.05) is 21.6 Å². The smallest absolute Gasteiger partial charge is 0.257 e. The van der Waals surface area contributed by atoms with Crippen LogP contribution in [0.3, 0.4) is 0 Å². The van der Waals surface area contributed by atoms with Crippen LogP contribution in [0.4, 0.5) is 0 Å². The van der Waals surface area contributed by atoms with Crippen LogP contribution in [0.2, 0.25) is 0 Å². The summed E-state index contributed by atoms with van der Waals surface area (Å²) in [6.07, 6.45) is 10.5. The number of hydrogen-bond acceptors (Lipinski definition) is 5. The number of pyridine rings is 1. The van der Waals surface area contributed by atoms with E-state index in [0.29, 0.717) is 35.1 Å². The summed E-state index contributed by atoms with van der Waals surface area (Å²) in [7, 11) is 3.16. The van der Waals surface area contributed by atoms with Gasteiger partial charge in [-0.25, -0.2) is 4.98 Å². The average molecular weight is 465 g/mol. The van der Waals surface area contributed by atoms with Crippen molar-refractivity contribution in [2.75, 3.05) is 33.9 Å². The third-order valence-electron chi connectivity index (χ3n) is 6.52. The van der Waals surface area contributed by atoms with Crippen LogP contribution in [-0.2, 0) is 0 Å². The van der Waals surface area contributed by atoms with Crippen LogP contribution in [0, 0.1) is 5.92 Å². The molecular weight excluding hydrogens is 432 g/mol. The van der Waals surface area contributed by atoms with Crippen molar-refractivity contribution in [1.29, 1.82) is 0 Å². The highest BCUT2D eigenvalue weighted by Crippen LogP contribution is 2.28. The zero-order chi connectivity index (χ0) is 23.9. The molecule has 1 aliphatic heterocycles. The number of methoxy groups -OCH3 is 2. The van der Waals surface area contributed by atoms with Crippen LogP contribution in [0.15, 0.2) is 48.9 Å². The van der Waals surface area contributed by atoms with Gasteiger partial charge in [0, 0.05) is 44.3 Å². The monoisotopic (exact) mass is 464 g/mol. The van der Waals surface area contributed by atoms with Gasteiger partial charge in [-0.15, -0.1) is 0 Å². The second-order valence-electron chi connectivity index (χ2n) is 8.66. The molecule has 1 fully saturated rings. The van der Waals surface area contributed by atoms with Crippen LogP contribution in [-0.4, -0.2) is 60.0 Å². The van der Waals surface area contributed by atoms with E-state index in [1.165, 1.54) is 0 Å². The maximum absolute atomic E-state index is 13.0. The maximum atomic E-state index is 13.0. The molecule has 2 aromatic heterocycles. The number of amides is 2. The summed E-state index contributed by atoms with van der Waals surface area (Å²) >= 11 is 0. The zero-order valence-electron chi connectivity index (χ0n) is 19.8. The van der Waals surface area contributed by atoms with Gasteiger partial charge in [0.15, 0.2) is 0 Å². The molecule has 4 rings (SSSR count). The summed E-state index contributed by atoms with van der Waals surface area (Å²) in [6, 6.07) is 8.95. The van der Waals surface area contributed by atoms with Gasteiger partial charge in [-0.2, -0.15) is 0 Å². The van der Waals surface area contributed by atoms with E-state index in [2.05, 4.69) is 10.3 Å². The minimum Gasteiger partial charge on any atom is -0.497 e. The molecule has 0 aliphatic carbocycles. The molecular formula is C26H32N4O4. The lowest BCUT2D eigenvalue weighted by Gasteiger charge is -2.32. The van der Waals surface area contributed by atoms with E-state index >= 15 is 0 Å². The summed E-state index contributed by atoms with van der Waals surface area (Å²) in [5, 5.41) is 3.01. The number of hydrogen-bond donors (Lipinski definition) is 1. The molecule has 0 atom stereocenters. The molecule has 34 heavy (non-hydrogen) atoms. The van der Waals surface area contributed by atoms with Crippen molar-refractivity contribution in [2.45, 2.75) is 32.1 Å². The Morgan fingerprint density at radius 1 is 1.09 bits per heavy atom. The van der Waals surface area contributed by atoms with E-state index in [0.717, 1.165) is 50.8 Å².